The molecule has 0 aromatic heterocycles. The highest BCUT2D eigenvalue weighted by Gasteiger charge is 2.30. The smallest absolute Gasteiger partial charge is 0.160 e. The van der Waals surface area contributed by atoms with Crippen LogP contribution in [-0.2, 0) is 0 Å². The number of methoxy groups -OCH3 is 8. The van der Waals surface area contributed by atoms with Crippen molar-refractivity contribution in [1.29, 1.82) is 0 Å². The van der Waals surface area contributed by atoms with Gasteiger partial charge in [0.1, 0.15) is 0 Å². The number of hydrogen-bond acceptors (Lipinski definition) is 8. The summed E-state index contributed by atoms with van der Waals surface area (Å²) in [6.45, 7) is 0. The molecule has 0 unspecified atom stereocenters. The first-order chi connectivity index (χ1) is 33.9. The lowest BCUT2D eigenvalue weighted by Gasteiger charge is -2.33. The van der Waals surface area contributed by atoms with Crippen LogP contribution in [0, 0.1) is 0 Å². The molecule has 0 aliphatic rings. The Kier molecular flexibility index (Phi) is 29.1. The monoisotopic (exact) mass is 1030 g/mol. The Morgan fingerprint density at radius 2 is 0.493 bits per heavy atom. The lowest BCUT2D eigenvalue weighted by atomic mass is 10.2. The zero-order valence-electron chi connectivity index (χ0n) is 44.5. The highest BCUT2D eigenvalue weighted by Crippen LogP contribution is 2.36. The number of ether oxygens (including phenoxy) is 8. The van der Waals surface area contributed by atoms with Gasteiger partial charge in [-0.15, -0.1) is 0 Å². The summed E-state index contributed by atoms with van der Waals surface area (Å²) in [6, 6.07) is 37.0. The quantitative estimate of drug-likeness (QED) is 0.0323. The number of unbranched alkanes of at least 4 members (excludes halogenated alkanes) is 12. The normalized spacial score (nSPS) is 12.8. The minimum atomic E-state index is -1.46. The van der Waals surface area contributed by atoms with Gasteiger partial charge >= 0.3 is 0 Å². The zero-order chi connectivity index (χ0) is 49.4. The Morgan fingerprint density at radius 1 is 0.275 bits per heavy atom. The summed E-state index contributed by atoms with van der Waals surface area (Å²) in [7, 11) is 11.0. The maximum absolute atomic E-state index is 5.78. The van der Waals surface area contributed by atoms with E-state index in [0.717, 1.165) is 46.0 Å². The molecule has 0 spiro atoms. The van der Waals surface area contributed by atoms with Crippen molar-refractivity contribution >= 4 is 66.9 Å². The Labute approximate surface area is 429 Å². The lowest BCUT2D eigenvalue weighted by molar-refractivity contribution is 0.357. The highest BCUT2D eigenvalue weighted by atomic mass is 28.3. The van der Waals surface area contributed by atoms with E-state index in [0.29, 0.717) is 0 Å². The predicted molar refractivity (Wildman–Crippen MR) is 309 cm³/mol. The van der Waals surface area contributed by atoms with E-state index in [4.69, 9.17) is 37.9 Å². The van der Waals surface area contributed by atoms with Crippen LogP contribution in [0.15, 0.2) is 72.8 Å². The third kappa shape index (κ3) is 19.8. The van der Waals surface area contributed by atoms with Crippen molar-refractivity contribution < 1.29 is 37.9 Å². The van der Waals surface area contributed by atoms with E-state index in [9.17, 15) is 0 Å². The van der Waals surface area contributed by atoms with E-state index in [1.54, 1.807) is 56.9 Å². The molecule has 0 amide bonds. The van der Waals surface area contributed by atoms with Gasteiger partial charge in [0, 0.05) is 0 Å². The van der Waals surface area contributed by atoms with Gasteiger partial charge in [0.15, 0.2) is 46.0 Å². The van der Waals surface area contributed by atoms with Crippen molar-refractivity contribution in [2.24, 2.45) is 0 Å². The van der Waals surface area contributed by atoms with Crippen molar-refractivity contribution in [1.82, 2.24) is 0 Å². The fourth-order valence-corrected chi connectivity index (χ4v) is 23.6. The summed E-state index contributed by atoms with van der Waals surface area (Å²) in [4.78, 5) is 0. The molecule has 0 aliphatic heterocycles. The molecule has 0 saturated carbocycles. The summed E-state index contributed by atoms with van der Waals surface area (Å²) in [5.74, 6) is 7.30. The molecular formula is C56H92O8Si5. The van der Waals surface area contributed by atoms with E-state index in [2.05, 4.69) is 48.5 Å². The highest BCUT2D eigenvalue weighted by molar-refractivity contribution is 6.79. The Bertz CT molecular complexity index is 1720. The average molecular weight is 1030 g/mol. The topological polar surface area (TPSA) is 73.8 Å². The number of benzene rings is 4. The summed E-state index contributed by atoms with van der Waals surface area (Å²) in [5.41, 5.74) is 0. The van der Waals surface area contributed by atoms with Gasteiger partial charge in [-0.1, -0.05) is 200 Å². The summed E-state index contributed by atoms with van der Waals surface area (Å²) in [6.07, 6.45) is 22.0. The predicted octanol–water partition coefficient (Wildman–Crippen LogP) is 9.40. The lowest BCUT2D eigenvalue weighted by Crippen LogP contribution is -2.34. The molecule has 0 fully saturated rings. The van der Waals surface area contributed by atoms with Gasteiger partial charge in [-0.2, -0.15) is 0 Å². The van der Waals surface area contributed by atoms with E-state index in [1.165, 1.54) is 172 Å². The van der Waals surface area contributed by atoms with Gasteiger partial charge in [0.2, 0.25) is 0 Å². The summed E-state index contributed by atoms with van der Waals surface area (Å²) >= 11 is 0. The first-order valence-corrected chi connectivity index (χ1v) is 36.4. The third-order valence-corrected chi connectivity index (χ3v) is 28.0. The summed E-state index contributed by atoms with van der Waals surface area (Å²) < 4.78 is 45.5. The molecule has 4 aromatic carbocycles. The fourth-order valence-electron chi connectivity index (χ4n) is 10.7. The molecule has 0 aliphatic carbocycles. The van der Waals surface area contributed by atoms with E-state index >= 15 is 0 Å². The van der Waals surface area contributed by atoms with Crippen LogP contribution in [0.1, 0.15) is 103 Å². The molecule has 0 heterocycles. The largest absolute Gasteiger partial charge is 0.493 e. The van der Waals surface area contributed by atoms with E-state index in [-0.39, 0.29) is 0 Å². The fraction of sp³-hybridized carbons (Fsp3) is 0.571. The zero-order valence-corrected chi connectivity index (χ0v) is 51.2. The van der Waals surface area contributed by atoms with Crippen LogP contribution in [0.5, 0.6) is 46.0 Å². The SMILES string of the molecule is COc1cccc([SiH2]CCCCCC[Si](CCCCCC[SiH2]c2cccc(OC)c2OC)(CCCCCC[SiH2]c2cccc(OC)c2OC)CCCCCC[SiH2]c2cccc(OC)c2OC)c1OC. The first kappa shape index (κ1) is 57.9. The van der Waals surface area contributed by atoms with Crippen LogP contribution in [0.4, 0.5) is 0 Å². The van der Waals surface area contributed by atoms with Crippen molar-refractivity contribution in [2.75, 3.05) is 56.9 Å². The van der Waals surface area contributed by atoms with Gasteiger partial charge < -0.3 is 37.9 Å². The Balaban J connectivity index is 1.35. The number of rotatable bonds is 40. The second kappa shape index (κ2) is 34.6. The van der Waals surface area contributed by atoms with Crippen LogP contribution in [0.3, 0.4) is 0 Å². The minimum absolute atomic E-state index is 0.396. The second-order valence-electron chi connectivity index (χ2n) is 19.2. The van der Waals surface area contributed by atoms with Gasteiger partial charge in [-0.3, -0.25) is 0 Å². The van der Waals surface area contributed by atoms with Crippen molar-refractivity contribution in [3.05, 3.63) is 72.8 Å². The van der Waals surface area contributed by atoms with Crippen molar-refractivity contribution in [3.8, 4) is 46.0 Å². The van der Waals surface area contributed by atoms with Crippen LogP contribution in [-0.4, -0.2) is 103 Å². The molecule has 0 saturated heterocycles. The van der Waals surface area contributed by atoms with Gasteiger partial charge in [0.05, 0.1) is 103 Å². The molecule has 69 heavy (non-hydrogen) atoms. The van der Waals surface area contributed by atoms with Crippen LogP contribution in [0.25, 0.3) is 0 Å². The maximum atomic E-state index is 5.78. The van der Waals surface area contributed by atoms with Crippen LogP contribution < -0.4 is 58.6 Å². The molecule has 0 bridgehead atoms. The number of para-hydroxylation sites is 4. The molecule has 4 aromatic rings. The van der Waals surface area contributed by atoms with Crippen molar-refractivity contribution in [3.63, 3.8) is 0 Å². The molecule has 0 atom stereocenters. The van der Waals surface area contributed by atoms with Gasteiger partial charge in [-0.25, -0.2) is 0 Å². The third-order valence-electron chi connectivity index (χ3n) is 14.6. The van der Waals surface area contributed by atoms with E-state index < -0.39 is 46.2 Å². The molecule has 8 nitrogen and oxygen atoms in total. The Morgan fingerprint density at radius 3 is 0.696 bits per heavy atom. The standard InChI is InChI=1S/C56H92O8Si5/c1-57-45-29-25-33-49(53(45)61-5)65-37-17-9-13-21-41-69(42-22-14-10-18-38-66-50-34-26-30-46(58-2)54(50)62-6,43-23-15-11-19-39-67-51-35-27-31-47(59-3)55(51)63-7)44-24-16-12-20-40-68-52-36-28-32-48(60-4)56(52)64-8/h25-36H,9-24,37-44,65-68H2,1-8H3. The number of hydrogen-bond donors (Lipinski definition) is 0. The van der Waals surface area contributed by atoms with Gasteiger partial charge in [0.25, 0.3) is 0 Å². The average Bonchev–Trinajstić information content (AvgIpc) is 3.38. The molecule has 4 rings (SSSR count). The van der Waals surface area contributed by atoms with Gasteiger partial charge in [-0.05, 0) is 45.0 Å². The first-order valence-electron chi connectivity index (χ1n) is 26.7. The molecule has 0 N–H and O–H groups in total. The molecular weight excluding hydrogens is 941 g/mol. The van der Waals surface area contributed by atoms with Crippen LogP contribution >= 0.6 is 0 Å². The summed E-state index contributed by atoms with van der Waals surface area (Å²) in [5, 5.41) is 5.59. The van der Waals surface area contributed by atoms with Crippen LogP contribution in [0.2, 0.25) is 48.4 Å². The second-order valence-corrected chi connectivity index (χ2v) is 32.1. The molecule has 0 radical (unpaired) electrons. The maximum Gasteiger partial charge on any atom is 0.160 e. The minimum Gasteiger partial charge on any atom is -0.493 e. The Hall–Kier alpha value is -3.64. The van der Waals surface area contributed by atoms with Crippen molar-refractivity contribution in [2.45, 2.75) is 151 Å². The molecule has 13 heteroatoms. The molecule has 384 valence electrons. The van der Waals surface area contributed by atoms with E-state index in [1.807, 2.05) is 24.3 Å².